The summed E-state index contributed by atoms with van der Waals surface area (Å²) in [4.78, 5) is 13.0. The van der Waals surface area contributed by atoms with Crippen LogP contribution in [0.15, 0.2) is 135 Å². The van der Waals surface area contributed by atoms with Crippen LogP contribution < -0.4 is 21.2 Å². The van der Waals surface area contributed by atoms with Gasteiger partial charge < -0.3 is 0 Å². The minimum atomic E-state index is -2.73. The maximum absolute atomic E-state index is 13.0. The third kappa shape index (κ3) is 3.33. The van der Waals surface area contributed by atoms with Crippen LogP contribution in [0.5, 0.6) is 0 Å². The van der Waals surface area contributed by atoms with Crippen molar-refractivity contribution < 1.29 is 4.79 Å². The molecule has 0 N–H and O–H groups in total. The first-order valence-electron chi connectivity index (χ1n) is 11.7. The number of urea groups is 1. The van der Waals surface area contributed by atoms with Crippen LogP contribution in [0.3, 0.4) is 0 Å². The number of benzene rings is 4. The number of hydrogen-bond acceptors (Lipinski definition) is 4. The van der Waals surface area contributed by atoms with E-state index in [2.05, 4.69) is 48.5 Å². The molecular weight excluding hydrogens is 503 g/mol. The zero-order valence-corrected chi connectivity index (χ0v) is 22.7. The van der Waals surface area contributed by atoms with E-state index < -0.39 is 21.9 Å². The Morgan fingerprint density at radius 2 is 0.778 bits per heavy atom. The van der Waals surface area contributed by atoms with Crippen molar-refractivity contribution in [1.82, 2.24) is 9.34 Å². The average Bonchev–Trinajstić information content (AvgIpc) is 2.97. The third-order valence-electron chi connectivity index (χ3n) is 6.58. The molecule has 2 aliphatic rings. The summed E-state index contributed by atoms with van der Waals surface area (Å²) >= 11 is 0. The van der Waals surface area contributed by atoms with E-state index in [9.17, 15) is 4.79 Å². The van der Waals surface area contributed by atoms with Crippen molar-refractivity contribution in [3.8, 4) is 0 Å². The third-order valence-corrected chi connectivity index (χ3v) is 18.7. The van der Waals surface area contributed by atoms with Crippen molar-refractivity contribution >= 4 is 49.2 Å². The number of amides is 2. The molecule has 6 rings (SSSR count). The van der Waals surface area contributed by atoms with Crippen LogP contribution in [-0.2, 0) is 0 Å². The fourth-order valence-electron chi connectivity index (χ4n) is 4.69. The summed E-state index contributed by atoms with van der Waals surface area (Å²) in [7, 11) is -4.49. The topological polar surface area (TPSA) is 60.6 Å². The molecule has 0 radical (unpaired) electrons. The van der Waals surface area contributed by atoms with E-state index in [1.165, 1.54) is 0 Å². The van der Waals surface area contributed by atoms with Gasteiger partial charge in [-0.3, -0.25) is 9.34 Å². The van der Waals surface area contributed by atoms with Crippen LogP contribution in [0.1, 0.15) is 0 Å². The fourth-order valence-corrected chi connectivity index (χ4v) is 19.5. The summed E-state index contributed by atoms with van der Waals surface area (Å²) in [5.41, 5.74) is 0. The standard InChI is InChI=1S/C27H26N5OP3/c1-31-27(33)32(2)36(31)29-34(23-15-7-3-8-16-23,24-17-9-4-10-18-24)28-35(30-36,25-19-11-5-12-20-25)26-21-13-6-14-22-26/h3-22H,1-2H3. The predicted octanol–water partition coefficient (Wildman–Crippen LogP) is 6.48. The smallest absolute Gasteiger partial charge is 0.259 e. The van der Waals surface area contributed by atoms with Gasteiger partial charge in [-0.1, -0.05) is 121 Å². The monoisotopic (exact) mass is 529 g/mol. The molecule has 2 heterocycles. The number of rotatable bonds is 4. The van der Waals surface area contributed by atoms with Gasteiger partial charge >= 0.3 is 6.03 Å². The molecule has 9 heteroatoms. The summed E-state index contributed by atoms with van der Waals surface area (Å²) < 4.78 is 20.6. The van der Waals surface area contributed by atoms with Crippen molar-refractivity contribution in [3.05, 3.63) is 121 Å². The molecule has 0 bridgehead atoms. The number of carbonyl (C=O) groups excluding carboxylic acids is 1. The second-order valence-corrected chi connectivity index (χ2v) is 17.6. The first kappa shape index (κ1) is 23.3. The minimum absolute atomic E-state index is 0.0591. The summed E-state index contributed by atoms with van der Waals surface area (Å²) in [6.07, 6.45) is 0. The Hall–Kier alpha value is -3.16. The molecule has 6 nitrogen and oxygen atoms in total. The zero-order chi connectivity index (χ0) is 24.8. The normalized spacial score (nSPS) is 19.0. The maximum Gasteiger partial charge on any atom is 0.333 e. The van der Waals surface area contributed by atoms with E-state index in [1.54, 1.807) is 9.34 Å². The van der Waals surface area contributed by atoms with Crippen LogP contribution in [0, 0.1) is 0 Å². The Bertz CT molecular complexity index is 1420. The molecule has 180 valence electrons. The van der Waals surface area contributed by atoms with Gasteiger partial charge in [0.15, 0.2) is 0 Å². The van der Waals surface area contributed by atoms with Crippen molar-refractivity contribution in [2.24, 2.45) is 13.5 Å². The maximum atomic E-state index is 13.0. The van der Waals surface area contributed by atoms with Gasteiger partial charge in [0.25, 0.3) is 7.51 Å². The highest BCUT2D eigenvalue weighted by molar-refractivity contribution is 7.96. The van der Waals surface area contributed by atoms with Crippen LogP contribution in [0.25, 0.3) is 0 Å². The van der Waals surface area contributed by atoms with Crippen molar-refractivity contribution in [1.29, 1.82) is 0 Å². The average molecular weight is 529 g/mol. The van der Waals surface area contributed by atoms with Crippen molar-refractivity contribution in [2.75, 3.05) is 14.1 Å². The van der Waals surface area contributed by atoms with Crippen LogP contribution in [0.4, 0.5) is 4.79 Å². The second-order valence-electron chi connectivity index (χ2n) is 8.68. The Kier molecular flexibility index (Phi) is 5.65. The Morgan fingerprint density at radius 3 is 1.11 bits per heavy atom. The van der Waals surface area contributed by atoms with Crippen molar-refractivity contribution in [2.45, 2.75) is 0 Å². The molecular formula is C27H26N5OP3. The summed E-state index contributed by atoms with van der Waals surface area (Å²) in [6.45, 7) is 0. The van der Waals surface area contributed by atoms with E-state index in [0.717, 1.165) is 21.2 Å². The molecule has 1 saturated heterocycles. The highest BCUT2D eigenvalue weighted by Crippen LogP contribution is 2.81. The van der Waals surface area contributed by atoms with Gasteiger partial charge in [0.1, 0.15) is 14.4 Å². The van der Waals surface area contributed by atoms with Gasteiger partial charge in [0.05, 0.1) is 0 Å². The van der Waals surface area contributed by atoms with Crippen LogP contribution >= 0.6 is 21.9 Å². The molecule has 36 heavy (non-hydrogen) atoms. The van der Waals surface area contributed by atoms with E-state index >= 15 is 0 Å². The Labute approximate surface area is 212 Å². The van der Waals surface area contributed by atoms with Crippen LogP contribution in [0.2, 0.25) is 0 Å². The first-order chi connectivity index (χ1) is 17.5. The largest absolute Gasteiger partial charge is 0.333 e. The summed E-state index contributed by atoms with van der Waals surface area (Å²) in [5.74, 6) is 0. The van der Waals surface area contributed by atoms with E-state index in [0.29, 0.717) is 0 Å². The summed E-state index contributed by atoms with van der Waals surface area (Å²) in [5, 5.41) is 4.29. The lowest BCUT2D eigenvalue weighted by atomic mass is 10.4. The number of carbonyl (C=O) groups is 1. The number of hydrogen-bond donors (Lipinski definition) is 0. The zero-order valence-electron chi connectivity index (χ0n) is 20.0. The van der Waals surface area contributed by atoms with Gasteiger partial charge in [-0.05, 0) is 0 Å². The van der Waals surface area contributed by atoms with E-state index in [-0.39, 0.29) is 6.03 Å². The lowest BCUT2D eigenvalue weighted by molar-refractivity contribution is 0.199. The molecule has 2 amide bonds. The molecule has 2 aliphatic heterocycles. The molecule has 0 unspecified atom stereocenters. The lowest BCUT2D eigenvalue weighted by Gasteiger charge is -2.51. The first-order valence-corrected chi connectivity index (χ1v) is 16.7. The van der Waals surface area contributed by atoms with Crippen molar-refractivity contribution in [3.63, 3.8) is 0 Å². The molecule has 0 aromatic heterocycles. The molecule has 0 atom stereocenters. The van der Waals surface area contributed by atoms with Gasteiger partial charge in [0, 0.05) is 35.3 Å². The summed E-state index contributed by atoms with van der Waals surface area (Å²) in [6, 6.07) is 41.4. The molecule has 4 aromatic rings. The Balaban J connectivity index is 1.87. The molecule has 4 aromatic carbocycles. The van der Waals surface area contributed by atoms with Crippen LogP contribution in [-0.4, -0.2) is 29.5 Å². The molecule has 0 saturated carbocycles. The molecule has 0 aliphatic carbocycles. The predicted molar refractivity (Wildman–Crippen MR) is 153 cm³/mol. The lowest BCUT2D eigenvalue weighted by Crippen LogP contribution is -2.49. The quantitative estimate of drug-likeness (QED) is 0.279. The van der Waals surface area contributed by atoms with Gasteiger partial charge in [-0.2, -0.15) is 9.03 Å². The Morgan fingerprint density at radius 1 is 0.472 bits per heavy atom. The van der Waals surface area contributed by atoms with Gasteiger partial charge in [-0.15, -0.1) is 0 Å². The SMILES string of the molecule is CN1C(=O)N(C)P12=NP(c1ccccc1)(c1ccccc1)=NP(c1ccccc1)(c1ccccc1)=N2. The van der Waals surface area contributed by atoms with Gasteiger partial charge in [0.2, 0.25) is 0 Å². The number of nitrogens with zero attached hydrogens (tertiary/aromatic N) is 5. The van der Waals surface area contributed by atoms with E-state index in [1.807, 2.05) is 86.9 Å². The minimum Gasteiger partial charge on any atom is -0.259 e. The fraction of sp³-hybridized carbons (Fsp3) is 0.0741. The molecule has 1 spiro atoms. The van der Waals surface area contributed by atoms with E-state index in [4.69, 9.17) is 13.5 Å². The highest BCUT2D eigenvalue weighted by Gasteiger charge is 2.54. The second kappa shape index (κ2) is 8.75. The molecule has 1 fully saturated rings. The highest BCUT2D eigenvalue weighted by atomic mass is 31.3. The van der Waals surface area contributed by atoms with Gasteiger partial charge in [-0.25, -0.2) is 9.31 Å².